The molecule has 0 saturated heterocycles. The Hall–Kier alpha value is -3.16. The van der Waals surface area contributed by atoms with Gasteiger partial charge in [0.25, 0.3) is 0 Å². The highest BCUT2D eigenvalue weighted by Crippen LogP contribution is 1.95. The highest BCUT2D eigenvalue weighted by molar-refractivity contribution is 6.35. The Morgan fingerprint density at radius 3 is 1.64 bits per heavy atom. The van der Waals surface area contributed by atoms with Crippen LogP contribution in [0.25, 0.3) is 0 Å². The number of amides is 2. The lowest BCUT2D eigenvalue weighted by atomic mass is 10.5. The summed E-state index contributed by atoms with van der Waals surface area (Å²) in [5, 5.41) is 7.41. The average Bonchev–Trinajstić information content (AvgIpc) is 3.08. The lowest BCUT2D eigenvalue weighted by Crippen LogP contribution is -2.35. The minimum Gasteiger partial charge on any atom is -0.350 e. The molecular weight excluding hydrogens is 284 g/mol. The Morgan fingerprint density at radius 1 is 0.909 bits per heavy atom. The molecule has 0 aliphatic rings. The average molecular weight is 300 g/mol. The third kappa shape index (κ3) is 3.92. The number of hydrazone groups is 2. The minimum absolute atomic E-state index is 0.794. The van der Waals surface area contributed by atoms with Crippen molar-refractivity contribution in [1.82, 2.24) is 20.0 Å². The van der Waals surface area contributed by atoms with Gasteiger partial charge in [-0.2, -0.15) is 10.2 Å². The van der Waals surface area contributed by atoms with Gasteiger partial charge in [0.15, 0.2) is 0 Å². The summed E-state index contributed by atoms with van der Waals surface area (Å²) in [6.45, 7) is 0. The van der Waals surface area contributed by atoms with Gasteiger partial charge in [-0.3, -0.25) is 9.59 Å². The van der Waals surface area contributed by atoms with E-state index >= 15 is 0 Å². The van der Waals surface area contributed by atoms with Crippen LogP contribution in [0.1, 0.15) is 11.4 Å². The van der Waals surface area contributed by atoms with E-state index < -0.39 is 11.8 Å². The molecule has 0 bridgehead atoms. The van der Waals surface area contributed by atoms with Crippen LogP contribution in [0.4, 0.5) is 0 Å². The van der Waals surface area contributed by atoms with Crippen LogP contribution < -0.4 is 10.9 Å². The molecule has 0 radical (unpaired) electrons. The first-order valence-corrected chi connectivity index (χ1v) is 6.47. The van der Waals surface area contributed by atoms with Crippen molar-refractivity contribution in [3.63, 3.8) is 0 Å². The van der Waals surface area contributed by atoms with Crippen molar-refractivity contribution in [3.05, 3.63) is 48.0 Å². The van der Waals surface area contributed by atoms with Crippen molar-refractivity contribution >= 4 is 24.2 Å². The Labute approximate surface area is 127 Å². The summed E-state index contributed by atoms with van der Waals surface area (Å²) in [7, 11) is 3.68. The molecule has 8 heteroatoms. The van der Waals surface area contributed by atoms with E-state index in [2.05, 4.69) is 21.1 Å². The van der Waals surface area contributed by atoms with Crippen LogP contribution in [0.15, 0.2) is 46.9 Å². The van der Waals surface area contributed by atoms with Crippen LogP contribution in [-0.4, -0.2) is 33.4 Å². The number of aromatic nitrogens is 2. The fourth-order valence-corrected chi connectivity index (χ4v) is 1.63. The van der Waals surface area contributed by atoms with Crippen LogP contribution in [-0.2, 0) is 23.7 Å². The summed E-state index contributed by atoms with van der Waals surface area (Å²) in [6, 6.07) is 7.32. The summed E-state index contributed by atoms with van der Waals surface area (Å²) >= 11 is 0. The van der Waals surface area contributed by atoms with Gasteiger partial charge < -0.3 is 9.13 Å². The number of carbonyl (C=O) groups excluding carboxylic acids is 2. The van der Waals surface area contributed by atoms with Gasteiger partial charge in [-0.25, -0.2) is 10.9 Å². The Kier molecular flexibility index (Phi) is 4.86. The highest BCUT2D eigenvalue weighted by Gasteiger charge is 2.11. The summed E-state index contributed by atoms with van der Waals surface area (Å²) in [4.78, 5) is 23.0. The first-order valence-electron chi connectivity index (χ1n) is 6.47. The fourth-order valence-electron chi connectivity index (χ4n) is 1.63. The normalized spacial score (nSPS) is 11.2. The van der Waals surface area contributed by atoms with Crippen LogP contribution >= 0.6 is 0 Å². The molecule has 2 aromatic heterocycles. The zero-order valence-electron chi connectivity index (χ0n) is 12.2. The predicted octanol–water partition coefficient (Wildman–Crippen LogP) is -0.0360. The molecule has 2 rings (SSSR count). The lowest BCUT2D eigenvalue weighted by Gasteiger charge is -1.99. The van der Waals surface area contributed by atoms with E-state index in [4.69, 9.17) is 0 Å². The SMILES string of the molecule is Cn1cccc1C=NNC(=O)C(=O)NN=Cc1cccn1C. The topological polar surface area (TPSA) is 92.8 Å². The summed E-state index contributed by atoms with van der Waals surface area (Å²) in [6.07, 6.45) is 6.57. The summed E-state index contributed by atoms with van der Waals surface area (Å²) < 4.78 is 3.64. The summed E-state index contributed by atoms with van der Waals surface area (Å²) in [5.41, 5.74) is 5.85. The largest absolute Gasteiger partial charge is 0.350 e. The van der Waals surface area contributed by atoms with E-state index in [0.717, 1.165) is 11.4 Å². The Bertz CT molecular complexity index is 663. The third-order valence-electron chi connectivity index (χ3n) is 2.90. The van der Waals surface area contributed by atoms with Gasteiger partial charge in [-0.15, -0.1) is 0 Å². The highest BCUT2D eigenvalue weighted by atomic mass is 16.2. The fraction of sp³-hybridized carbons (Fsp3) is 0.143. The van der Waals surface area contributed by atoms with E-state index in [-0.39, 0.29) is 0 Å². The quantitative estimate of drug-likeness (QED) is 0.471. The minimum atomic E-state index is -0.894. The Balaban J connectivity index is 1.81. The smallest absolute Gasteiger partial charge is 0.331 e. The monoisotopic (exact) mass is 300 g/mol. The van der Waals surface area contributed by atoms with Gasteiger partial charge in [0.1, 0.15) is 0 Å². The van der Waals surface area contributed by atoms with E-state index in [1.807, 2.05) is 59.9 Å². The molecule has 2 amide bonds. The molecule has 0 aliphatic heterocycles. The predicted molar refractivity (Wildman–Crippen MR) is 82.3 cm³/mol. The molecular formula is C14H16N6O2. The van der Waals surface area contributed by atoms with E-state index in [9.17, 15) is 9.59 Å². The standard InChI is InChI=1S/C14H16N6O2/c1-19-7-3-5-11(19)9-15-17-13(21)14(22)18-16-10-12-6-4-8-20(12)2/h3-10H,1-2H3,(H,17,21)(H,18,22). The number of hydrogen-bond donors (Lipinski definition) is 2. The maximum Gasteiger partial charge on any atom is 0.331 e. The molecule has 8 nitrogen and oxygen atoms in total. The van der Waals surface area contributed by atoms with Gasteiger partial charge in [0.05, 0.1) is 23.8 Å². The second-order valence-electron chi connectivity index (χ2n) is 4.49. The molecule has 2 N–H and O–H groups in total. The number of carbonyl (C=O) groups is 2. The number of hydrogen-bond acceptors (Lipinski definition) is 4. The molecule has 0 fully saturated rings. The molecule has 22 heavy (non-hydrogen) atoms. The van der Waals surface area contributed by atoms with Gasteiger partial charge in [0.2, 0.25) is 0 Å². The second kappa shape index (κ2) is 7.02. The Morgan fingerprint density at radius 2 is 1.32 bits per heavy atom. The van der Waals surface area contributed by atoms with Crippen molar-refractivity contribution in [2.45, 2.75) is 0 Å². The molecule has 0 aromatic carbocycles. The molecule has 0 atom stereocenters. The molecule has 0 aliphatic carbocycles. The van der Waals surface area contributed by atoms with Gasteiger partial charge in [0, 0.05) is 26.5 Å². The van der Waals surface area contributed by atoms with Crippen LogP contribution in [0.2, 0.25) is 0 Å². The first-order chi connectivity index (χ1) is 10.6. The third-order valence-corrected chi connectivity index (χ3v) is 2.90. The molecule has 2 heterocycles. The van der Waals surface area contributed by atoms with Crippen LogP contribution in [0.5, 0.6) is 0 Å². The number of nitrogens with one attached hydrogen (secondary N) is 2. The number of nitrogens with zero attached hydrogens (tertiary/aromatic N) is 4. The molecule has 0 saturated carbocycles. The maximum atomic E-state index is 11.5. The van der Waals surface area contributed by atoms with E-state index in [1.165, 1.54) is 12.4 Å². The van der Waals surface area contributed by atoms with Crippen molar-refractivity contribution in [1.29, 1.82) is 0 Å². The van der Waals surface area contributed by atoms with Crippen molar-refractivity contribution < 1.29 is 9.59 Å². The van der Waals surface area contributed by atoms with Crippen LogP contribution in [0, 0.1) is 0 Å². The zero-order valence-corrected chi connectivity index (χ0v) is 12.2. The maximum absolute atomic E-state index is 11.5. The van der Waals surface area contributed by atoms with Gasteiger partial charge in [-0.05, 0) is 24.3 Å². The van der Waals surface area contributed by atoms with Gasteiger partial charge >= 0.3 is 11.8 Å². The van der Waals surface area contributed by atoms with Crippen molar-refractivity contribution in [2.75, 3.05) is 0 Å². The molecule has 0 spiro atoms. The molecule has 2 aromatic rings. The first kappa shape index (κ1) is 15.2. The van der Waals surface area contributed by atoms with Crippen molar-refractivity contribution in [2.24, 2.45) is 24.3 Å². The second-order valence-corrected chi connectivity index (χ2v) is 4.49. The molecule has 0 unspecified atom stereocenters. The van der Waals surface area contributed by atoms with Gasteiger partial charge in [-0.1, -0.05) is 0 Å². The lowest BCUT2D eigenvalue weighted by molar-refractivity contribution is -0.139. The molecule has 114 valence electrons. The summed E-state index contributed by atoms with van der Waals surface area (Å²) in [5.74, 6) is -1.79. The zero-order chi connectivity index (χ0) is 15.9. The van der Waals surface area contributed by atoms with Crippen LogP contribution in [0.3, 0.4) is 0 Å². The van der Waals surface area contributed by atoms with E-state index in [1.54, 1.807) is 0 Å². The number of aryl methyl sites for hydroxylation is 2. The number of rotatable bonds is 4. The van der Waals surface area contributed by atoms with E-state index in [0.29, 0.717) is 0 Å². The van der Waals surface area contributed by atoms with Crippen molar-refractivity contribution in [3.8, 4) is 0 Å².